The number of fused-ring (bicyclic) bond motifs is 1. The van der Waals surface area contributed by atoms with Gasteiger partial charge in [-0.3, -0.25) is 4.40 Å². The Morgan fingerprint density at radius 3 is 3.11 bits per heavy atom. The van der Waals surface area contributed by atoms with E-state index in [2.05, 4.69) is 41.7 Å². The zero-order valence-electron chi connectivity index (χ0n) is 11.4. The van der Waals surface area contributed by atoms with Crippen LogP contribution in [0.4, 0.5) is 0 Å². The van der Waals surface area contributed by atoms with Gasteiger partial charge >= 0.3 is 0 Å². The highest BCUT2D eigenvalue weighted by Crippen LogP contribution is 2.34. The highest BCUT2D eigenvalue weighted by atomic mass is 32.1. The molecule has 0 spiro atoms. The molecule has 18 heavy (non-hydrogen) atoms. The van der Waals surface area contributed by atoms with E-state index in [1.165, 1.54) is 35.5 Å². The van der Waals surface area contributed by atoms with Crippen LogP contribution in [0.2, 0.25) is 0 Å². The molecule has 2 aromatic heterocycles. The molecule has 0 bridgehead atoms. The normalized spacial score (nSPS) is 22.8. The summed E-state index contributed by atoms with van der Waals surface area (Å²) >= 11 is 1.77. The van der Waals surface area contributed by atoms with E-state index in [1.807, 2.05) is 0 Å². The smallest absolute Gasteiger partial charge is 0.194 e. The molecule has 1 aliphatic carbocycles. The second kappa shape index (κ2) is 4.67. The molecule has 2 aromatic rings. The maximum atomic E-state index is 4.63. The Morgan fingerprint density at radius 1 is 1.50 bits per heavy atom. The Hall–Kier alpha value is -0.870. The van der Waals surface area contributed by atoms with Crippen LogP contribution in [0.1, 0.15) is 42.5 Å². The Balaban J connectivity index is 1.69. The van der Waals surface area contributed by atoms with E-state index in [-0.39, 0.29) is 0 Å². The highest BCUT2D eigenvalue weighted by Gasteiger charge is 2.35. The van der Waals surface area contributed by atoms with Gasteiger partial charge in [-0.15, -0.1) is 11.3 Å². The Morgan fingerprint density at radius 2 is 2.33 bits per heavy atom. The molecule has 2 unspecified atom stereocenters. The predicted molar refractivity (Wildman–Crippen MR) is 76.2 cm³/mol. The van der Waals surface area contributed by atoms with Gasteiger partial charge in [0.15, 0.2) is 4.96 Å². The number of hydrogen-bond donors (Lipinski definition) is 1. The SMILES string of the molecule is CCCC1CC1NCc1c(C)nc2sc(C)cn12. The second-order valence-electron chi connectivity index (χ2n) is 5.41. The van der Waals surface area contributed by atoms with E-state index >= 15 is 0 Å². The molecule has 3 rings (SSSR count). The van der Waals surface area contributed by atoms with Gasteiger partial charge in [0, 0.05) is 23.7 Å². The Labute approximate surface area is 112 Å². The lowest BCUT2D eigenvalue weighted by Gasteiger charge is -2.04. The largest absolute Gasteiger partial charge is 0.308 e. The van der Waals surface area contributed by atoms with Gasteiger partial charge in [-0.2, -0.15) is 0 Å². The van der Waals surface area contributed by atoms with Crippen LogP contribution in [0.25, 0.3) is 4.96 Å². The standard InChI is InChI=1S/C14H21N3S/c1-4-5-11-6-12(11)15-7-13-10(3)16-14-17(13)8-9(2)18-14/h8,11-12,15H,4-7H2,1-3H3. The molecule has 1 saturated carbocycles. The summed E-state index contributed by atoms with van der Waals surface area (Å²) in [5, 5.41) is 3.68. The molecule has 2 heterocycles. The van der Waals surface area contributed by atoms with E-state index in [4.69, 9.17) is 0 Å². The van der Waals surface area contributed by atoms with Gasteiger partial charge in [-0.1, -0.05) is 13.3 Å². The van der Waals surface area contributed by atoms with Crippen LogP contribution in [-0.2, 0) is 6.54 Å². The zero-order chi connectivity index (χ0) is 12.7. The van der Waals surface area contributed by atoms with Crippen molar-refractivity contribution >= 4 is 16.3 Å². The number of imidazole rings is 1. The second-order valence-corrected chi connectivity index (χ2v) is 6.62. The minimum absolute atomic E-state index is 0.745. The first-order valence-electron chi connectivity index (χ1n) is 6.86. The van der Waals surface area contributed by atoms with Gasteiger partial charge in [-0.05, 0) is 32.6 Å². The van der Waals surface area contributed by atoms with E-state index in [0.717, 1.165) is 23.5 Å². The monoisotopic (exact) mass is 263 g/mol. The van der Waals surface area contributed by atoms with Crippen LogP contribution in [0.3, 0.4) is 0 Å². The molecule has 0 aliphatic heterocycles. The van der Waals surface area contributed by atoms with Crippen molar-refractivity contribution in [2.24, 2.45) is 5.92 Å². The molecule has 1 fully saturated rings. The molecular formula is C14H21N3S. The summed E-state index contributed by atoms with van der Waals surface area (Å²) in [4.78, 5) is 7.08. The number of aryl methyl sites for hydroxylation is 2. The number of hydrogen-bond acceptors (Lipinski definition) is 3. The molecule has 3 nitrogen and oxygen atoms in total. The van der Waals surface area contributed by atoms with Gasteiger partial charge in [0.2, 0.25) is 0 Å². The van der Waals surface area contributed by atoms with Crippen LogP contribution in [0.5, 0.6) is 0 Å². The Kier molecular flexibility index (Phi) is 3.16. The summed E-state index contributed by atoms with van der Waals surface area (Å²) in [5.74, 6) is 0.919. The molecule has 0 aromatic carbocycles. The van der Waals surface area contributed by atoms with Gasteiger partial charge in [0.25, 0.3) is 0 Å². The average molecular weight is 263 g/mol. The number of aromatic nitrogens is 2. The minimum Gasteiger partial charge on any atom is -0.308 e. The van der Waals surface area contributed by atoms with E-state index in [1.54, 1.807) is 11.3 Å². The summed E-state index contributed by atoms with van der Waals surface area (Å²) in [6.07, 6.45) is 6.24. The van der Waals surface area contributed by atoms with Crippen LogP contribution in [-0.4, -0.2) is 15.4 Å². The maximum absolute atomic E-state index is 4.63. The molecule has 0 amide bonds. The van der Waals surface area contributed by atoms with E-state index in [0.29, 0.717) is 0 Å². The number of nitrogens with zero attached hydrogens (tertiary/aromatic N) is 2. The summed E-state index contributed by atoms with van der Waals surface area (Å²) in [7, 11) is 0. The van der Waals surface area contributed by atoms with Crippen molar-refractivity contribution in [3.8, 4) is 0 Å². The first kappa shape index (κ1) is 12.2. The Bertz CT molecular complexity index is 555. The molecule has 1 aliphatic rings. The van der Waals surface area contributed by atoms with Crippen LogP contribution in [0.15, 0.2) is 6.20 Å². The summed E-state index contributed by atoms with van der Waals surface area (Å²) < 4.78 is 2.25. The summed E-state index contributed by atoms with van der Waals surface area (Å²) in [6.45, 7) is 7.48. The quantitative estimate of drug-likeness (QED) is 0.897. The van der Waals surface area contributed by atoms with Gasteiger partial charge in [0.1, 0.15) is 0 Å². The average Bonchev–Trinajstić information content (AvgIpc) is 2.86. The van der Waals surface area contributed by atoms with Crippen molar-refractivity contribution in [2.75, 3.05) is 0 Å². The third-order valence-electron chi connectivity index (χ3n) is 3.85. The van der Waals surface area contributed by atoms with E-state index < -0.39 is 0 Å². The molecule has 0 radical (unpaired) electrons. The maximum Gasteiger partial charge on any atom is 0.194 e. The van der Waals surface area contributed by atoms with Crippen molar-refractivity contribution in [1.82, 2.24) is 14.7 Å². The van der Waals surface area contributed by atoms with Crippen molar-refractivity contribution in [2.45, 2.75) is 52.6 Å². The van der Waals surface area contributed by atoms with Crippen molar-refractivity contribution < 1.29 is 0 Å². The third kappa shape index (κ3) is 2.19. The first-order chi connectivity index (χ1) is 8.69. The number of thiazole rings is 1. The van der Waals surface area contributed by atoms with Crippen LogP contribution < -0.4 is 5.32 Å². The molecule has 0 saturated heterocycles. The number of rotatable bonds is 5. The van der Waals surface area contributed by atoms with Crippen LogP contribution >= 0.6 is 11.3 Å². The highest BCUT2D eigenvalue weighted by molar-refractivity contribution is 7.17. The van der Waals surface area contributed by atoms with Gasteiger partial charge in [-0.25, -0.2) is 4.98 Å². The van der Waals surface area contributed by atoms with Crippen molar-refractivity contribution in [1.29, 1.82) is 0 Å². The molecule has 4 heteroatoms. The molecular weight excluding hydrogens is 242 g/mol. The summed E-state index contributed by atoms with van der Waals surface area (Å²) in [5.41, 5.74) is 2.50. The lowest BCUT2D eigenvalue weighted by molar-refractivity contribution is 0.591. The predicted octanol–water partition coefficient (Wildman–Crippen LogP) is 3.29. The zero-order valence-corrected chi connectivity index (χ0v) is 12.2. The fraction of sp³-hybridized carbons (Fsp3) is 0.643. The first-order valence-corrected chi connectivity index (χ1v) is 7.68. The molecule has 98 valence electrons. The number of nitrogens with one attached hydrogen (secondary N) is 1. The minimum atomic E-state index is 0.745. The summed E-state index contributed by atoms with van der Waals surface area (Å²) in [6, 6.07) is 0.745. The third-order valence-corrected chi connectivity index (χ3v) is 4.75. The van der Waals surface area contributed by atoms with Gasteiger partial charge in [0.05, 0.1) is 11.4 Å². The fourth-order valence-electron chi connectivity index (χ4n) is 2.74. The van der Waals surface area contributed by atoms with Crippen molar-refractivity contribution in [3.63, 3.8) is 0 Å². The van der Waals surface area contributed by atoms with Gasteiger partial charge < -0.3 is 5.32 Å². The van der Waals surface area contributed by atoms with E-state index in [9.17, 15) is 0 Å². The lowest BCUT2D eigenvalue weighted by atomic mass is 10.2. The molecule has 1 N–H and O–H groups in total. The van der Waals surface area contributed by atoms with Crippen LogP contribution in [0, 0.1) is 19.8 Å². The lowest BCUT2D eigenvalue weighted by Crippen LogP contribution is -2.19. The fourth-order valence-corrected chi connectivity index (χ4v) is 3.63. The topological polar surface area (TPSA) is 29.3 Å². The molecule has 2 atom stereocenters. The van der Waals surface area contributed by atoms with Crippen molar-refractivity contribution in [3.05, 3.63) is 22.5 Å².